The van der Waals surface area contributed by atoms with Crippen LogP contribution >= 0.6 is 0 Å². The van der Waals surface area contributed by atoms with E-state index in [2.05, 4.69) is 0 Å². The van der Waals surface area contributed by atoms with Gasteiger partial charge in [0.1, 0.15) is 22.8 Å². The number of aliphatic hydroxyl groups excluding tert-OH is 3. The number of phenolic OH excluding ortho intramolecular Hbond substituents is 1. The van der Waals surface area contributed by atoms with Gasteiger partial charge >= 0.3 is 6.18 Å². The van der Waals surface area contributed by atoms with Gasteiger partial charge in [-0.2, -0.15) is 13.2 Å². The summed E-state index contributed by atoms with van der Waals surface area (Å²) in [5.41, 5.74) is -2.14. The molecule has 1 saturated carbocycles. The van der Waals surface area contributed by atoms with Gasteiger partial charge in [0.05, 0.1) is 23.8 Å². The molecule has 1 aromatic rings. The molecule has 3 aliphatic carbocycles. The Kier molecular flexibility index (Phi) is 8.72. The molecule has 0 saturated heterocycles. The standard InChI is InChI=1S/C31H40F3N3O8/c1-7-37(18(12-38)29(2,3)4)11-14-10-17(39)20-15(22(14)31(32,33)34)8-13-9-16-23(36(5)6)25(41)21(28(35)44)27(43)30(16,45)26(42)19(13)24(20)40/h10,13,16,18,23,38-40,43,45H,7-9,11-12H2,1-6H3,(H2,35,44)/t13-,16-,18+,23-,30-/m0/s1. The van der Waals surface area contributed by atoms with Crippen LogP contribution in [-0.4, -0.2) is 97.7 Å². The zero-order valence-electron chi connectivity index (χ0n) is 26.0. The molecular weight excluding hydrogens is 599 g/mol. The van der Waals surface area contributed by atoms with Crippen LogP contribution in [0.1, 0.15) is 56.4 Å². The van der Waals surface area contributed by atoms with E-state index in [1.165, 1.54) is 19.0 Å². The molecule has 0 aliphatic heterocycles. The van der Waals surface area contributed by atoms with Crippen LogP contribution < -0.4 is 5.73 Å². The largest absolute Gasteiger partial charge is 0.508 e. The summed E-state index contributed by atoms with van der Waals surface area (Å²) in [5.74, 6) is -9.29. The predicted molar refractivity (Wildman–Crippen MR) is 156 cm³/mol. The number of aromatic hydroxyl groups is 1. The van der Waals surface area contributed by atoms with E-state index in [1.807, 2.05) is 20.8 Å². The fourth-order valence-electron chi connectivity index (χ4n) is 7.46. The average molecular weight is 640 g/mol. The number of aliphatic hydroxyl groups is 4. The molecule has 1 aromatic carbocycles. The molecule has 11 nitrogen and oxygen atoms in total. The third-order valence-electron chi connectivity index (χ3n) is 9.48. The van der Waals surface area contributed by atoms with E-state index in [9.17, 15) is 53.1 Å². The van der Waals surface area contributed by atoms with Gasteiger partial charge in [-0.25, -0.2) is 0 Å². The maximum absolute atomic E-state index is 14.9. The Morgan fingerprint density at radius 2 is 1.76 bits per heavy atom. The number of Topliss-reactive ketones (excluding diaryl/α,β-unsaturated/α-hetero) is 2. The fraction of sp³-hybridized carbons (Fsp3) is 0.581. The quantitative estimate of drug-likeness (QED) is 0.242. The maximum Gasteiger partial charge on any atom is 0.417 e. The number of primary amides is 1. The summed E-state index contributed by atoms with van der Waals surface area (Å²) in [5, 5.41) is 55.1. The lowest BCUT2D eigenvalue weighted by Gasteiger charge is -2.50. The summed E-state index contributed by atoms with van der Waals surface area (Å²) in [6.07, 6.45) is -5.81. The third-order valence-corrected chi connectivity index (χ3v) is 9.48. The maximum atomic E-state index is 14.9. The summed E-state index contributed by atoms with van der Waals surface area (Å²) in [4.78, 5) is 42.3. The Labute approximate surface area is 258 Å². The number of nitrogens with two attached hydrogens (primary N) is 1. The van der Waals surface area contributed by atoms with Gasteiger partial charge in [0.2, 0.25) is 5.78 Å². The number of carbonyl (C=O) groups is 3. The van der Waals surface area contributed by atoms with Crippen LogP contribution in [0.15, 0.2) is 23.0 Å². The summed E-state index contributed by atoms with van der Waals surface area (Å²) in [6, 6.07) is -1.03. The van der Waals surface area contributed by atoms with Crippen LogP contribution in [0, 0.1) is 17.3 Å². The number of carbonyl (C=O) groups excluding carboxylic acids is 3. The van der Waals surface area contributed by atoms with Gasteiger partial charge in [-0.1, -0.05) is 27.7 Å². The first-order valence-corrected chi connectivity index (χ1v) is 14.6. The Bertz CT molecular complexity index is 1510. The molecule has 0 heterocycles. The molecule has 5 atom stereocenters. The summed E-state index contributed by atoms with van der Waals surface area (Å²) in [6.45, 7) is 6.89. The highest BCUT2D eigenvalue weighted by atomic mass is 19.4. The number of phenols is 1. The number of fused-ring (bicyclic) bond motifs is 3. The second kappa shape index (κ2) is 11.4. The molecule has 0 spiro atoms. The van der Waals surface area contributed by atoms with E-state index in [4.69, 9.17) is 5.73 Å². The third kappa shape index (κ3) is 5.30. The number of ketones is 2. The van der Waals surface area contributed by atoms with Crippen LogP contribution in [0.5, 0.6) is 5.75 Å². The SMILES string of the molecule is CCN(Cc1cc(O)c2c(c1C(F)(F)F)C[C@H]1C[C@H]3[C@H](N(C)C)C(=O)C(C(N)=O)=C(O)[C@@]3(O)C(=O)C1=C2O)[C@H](CO)C(C)(C)C. The molecule has 0 radical (unpaired) electrons. The van der Waals surface area contributed by atoms with E-state index in [0.29, 0.717) is 0 Å². The molecule has 14 heteroatoms. The van der Waals surface area contributed by atoms with Gasteiger partial charge in [-0.05, 0) is 62.0 Å². The van der Waals surface area contributed by atoms with Gasteiger partial charge in [0.25, 0.3) is 5.91 Å². The van der Waals surface area contributed by atoms with Crippen LogP contribution in [0.3, 0.4) is 0 Å². The minimum Gasteiger partial charge on any atom is -0.508 e. The minimum atomic E-state index is -4.97. The number of hydrogen-bond donors (Lipinski definition) is 6. The van der Waals surface area contributed by atoms with Crippen molar-refractivity contribution >= 4 is 23.2 Å². The van der Waals surface area contributed by atoms with Crippen molar-refractivity contribution < 1.29 is 53.1 Å². The van der Waals surface area contributed by atoms with Crippen LogP contribution in [0.25, 0.3) is 5.76 Å². The lowest BCUT2D eigenvalue weighted by molar-refractivity contribution is -0.153. The summed E-state index contributed by atoms with van der Waals surface area (Å²) >= 11 is 0. The smallest absolute Gasteiger partial charge is 0.417 e. The normalized spacial score (nSPS) is 26.3. The minimum absolute atomic E-state index is 0.272. The zero-order valence-corrected chi connectivity index (χ0v) is 26.0. The van der Waals surface area contributed by atoms with Crippen molar-refractivity contribution in [3.8, 4) is 5.75 Å². The number of rotatable bonds is 7. The van der Waals surface area contributed by atoms with Gasteiger partial charge in [0.15, 0.2) is 11.4 Å². The molecule has 45 heavy (non-hydrogen) atoms. The first kappa shape index (κ1) is 34.4. The molecule has 0 aromatic heterocycles. The number of likely N-dealkylation sites (N-methyl/N-ethyl adjacent to an activating group) is 2. The fourth-order valence-corrected chi connectivity index (χ4v) is 7.46. The van der Waals surface area contributed by atoms with Crippen molar-refractivity contribution in [2.24, 2.45) is 23.0 Å². The Hall–Kier alpha value is -3.46. The van der Waals surface area contributed by atoms with Crippen molar-refractivity contribution in [2.45, 2.75) is 70.9 Å². The van der Waals surface area contributed by atoms with Crippen molar-refractivity contribution in [1.82, 2.24) is 9.80 Å². The van der Waals surface area contributed by atoms with E-state index in [-0.39, 0.29) is 31.7 Å². The van der Waals surface area contributed by atoms with Gasteiger partial charge in [-0.3, -0.25) is 24.2 Å². The van der Waals surface area contributed by atoms with E-state index >= 15 is 0 Å². The molecule has 248 valence electrons. The Balaban J connectivity index is 1.96. The van der Waals surface area contributed by atoms with E-state index in [0.717, 1.165) is 6.07 Å². The van der Waals surface area contributed by atoms with Gasteiger partial charge < -0.3 is 31.3 Å². The number of nitrogens with zero attached hydrogens (tertiary/aromatic N) is 2. The molecule has 0 unspecified atom stereocenters. The second-order valence-corrected chi connectivity index (χ2v) is 13.4. The second-order valence-electron chi connectivity index (χ2n) is 13.4. The number of hydrogen-bond acceptors (Lipinski definition) is 10. The highest BCUT2D eigenvalue weighted by Crippen LogP contribution is 2.54. The van der Waals surface area contributed by atoms with Gasteiger partial charge in [0, 0.05) is 24.1 Å². The lowest BCUT2D eigenvalue weighted by atomic mass is 9.57. The first-order valence-electron chi connectivity index (χ1n) is 14.6. The van der Waals surface area contributed by atoms with E-state index < -0.39 is 110 Å². The molecule has 0 bridgehead atoms. The Morgan fingerprint density at radius 3 is 2.22 bits per heavy atom. The molecule has 7 N–H and O–H groups in total. The van der Waals surface area contributed by atoms with Crippen molar-refractivity contribution in [2.75, 3.05) is 27.2 Å². The molecule has 1 amide bonds. The molecular formula is C31H40F3N3O8. The highest BCUT2D eigenvalue weighted by Gasteiger charge is 2.64. The summed E-state index contributed by atoms with van der Waals surface area (Å²) in [7, 11) is 2.85. The van der Waals surface area contributed by atoms with Crippen LogP contribution in [0.2, 0.25) is 0 Å². The van der Waals surface area contributed by atoms with Crippen LogP contribution in [-0.2, 0) is 33.5 Å². The number of amides is 1. The average Bonchev–Trinajstić information content (AvgIpc) is 2.88. The first-order chi connectivity index (χ1) is 20.6. The van der Waals surface area contributed by atoms with Crippen molar-refractivity contribution in [1.29, 1.82) is 0 Å². The molecule has 3 aliphatic rings. The van der Waals surface area contributed by atoms with Crippen molar-refractivity contribution in [3.05, 3.63) is 45.2 Å². The highest BCUT2D eigenvalue weighted by molar-refractivity contribution is 6.24. The van der Waals surface area contributed by atoms with Gasteiger partial charge in [-0.15, -0.1) is 0 Å². The lowest BCUT2D eigenvalue weighted by Crippen LogP contribution is -2.65. The number of benzene rings is 1. The number of alkyl halides is 3. The van der Waals surface area contributed by atoms with Crippen LogP contribution in [0.4, 0.5) is 13.2 Å². The Morgan fingerprint density at radius 1 is 1.16 bits per heavy atom. The van der Waals surface area contributed by atoms with Crippen molar-refractivity contribution in [3.63, 3.8) is 0 Å². The number of halogens is 3. The molecule has 4 rings (SSSR count). The molecule has 1 fully saturated rings. The summed E-state index contributed by atoms with van der Waals surface area (Å²) < 4.78 is 44.7. The predicted octanol–water partition coefficient (Wildman–Crippen LogP) is 2.21. The van der Waals surface area contributed by atoms with E-state index in [1.54, 1.807) is 11.8 Å². The monoisotopic (exact) mass is 639 g/mol. The topological polar surface area (TPSA) is 185 Å². The zero-order chi connectivity index (χ0) is 34.1.